The molecule has 1 amide bonds. The molecule has 1 aliphatic heterocycles. The molecule has 1 unspecified atom stereocenters. The number of nitrogens with one attached hydrogen (secondary N) is 1. The van der Waals surface area contributed by atoms with Gasteiger partial charge in [-0.2, -0.15) is 0 Å². The van der Waals surface area contributed by atoms with Gasteiger partial charge in [0.15, 0.2) is 0 Å². The van der Waals surface area contributed by atoms with Crippen molar-refractivity contribution in [2.75, 3.05) is 6.54 Å². The van der Waals surface area contributed by atoms with Crippen LogP contribution in [-0.2, 0) is 11.2 Å². The minimum atomic E-state index is -0.0761. The minimum Gasteiger partial charge on any atom is -0.490 e. The topological polar surface area (TPSA) is 73.6 Å². The predicted molar refractivity (Wildman–Crippen MR) is 108 cm³/mol. The molecule has 1 heterocycles. The van der Waals surface area contributed by atoms with Gasteiger partial charge in [0.25, 0.3) is 0 Å². The molecule has 2 aromatic rings. The Bertz CT molecular complexity index is 801. The van der Waals surface area contributed by atoms with Crippen LogP contribution in [0.1, 0.15) is 49.3 Å². The van der Waals surface area contributed by atoms with Crippen LogP contribution in [0.4, 0.5) is 0 Å². The zero-order chi connectivity index (χ0) is 19.3. The summed E-state index contributed by atoms with van der Waals surface area (Å²) in [6.45, 7) is 0.0543. The van der Waals surface area contributed by atoms with E-state index in [1.54, 1.807) is 0 Å². The summed E-state index contributed by atoms with van der Waals surface area (Å²) >= 11 is 0. The average molecular weight is 380 g/mol. The number of aryl methyl sites for hydroxylation is 1. The molecule has 1 atom stereocenters. The Kier molecular flexibility index (Phi) is 5.81. The fraction of sp³-hybridized carbons (Fsp3) is 0.435. The van der Waals surface area contributed by atoms with Crippen LogP contribution in [0.25, 0.3) is 0 Å². The first-order chi connectivity index (χ1) is 13.7. The molecular weight excluding hydrogens is 352 g/mol. The second-order valence-corrected chi connectivity index (χ2v) is 7.69. The zero-order valence-electron chi connectivity index (χ0n) is 16.1. The van der Waals surface area contributed by atoms with Gasteiger partial charge in [-0.15, -0.1) is 0 Å². The molecule has 5 nitrogen and oxygen atoms in total. The van der Waals surface area contributed by atoms with Gasteiger partial charge in [0.05, 0.1) is 12.6 Å². The second-order valence-electron chi connectivity index (χ2n) is 7.69. The lowest BCUT2D eigenvalue weighted by atomic mass is 9.92. The lowest BCUT2D eigenvalue weighted by Crippen LogP contribution is -2.42. The smallest absolute Gasteiger partial charge is 0.233 e. The van der Waals surface area contributed by atoms with Gasteiger partial charge in [0.2, 0.25) is 5.91 Å². The number of carbonyl (C=O) groups excluding carboxylic acids is 1. The monoisotopic (exact) mass is 380 g/mol. The minimum absolute atomic E-state index is 0.0543. The van der Waals surface area contributed by atoms with E-state index in [0.29, 0.717) is 0 Å². The number of ether oxygens (including phenoxy) is 2. The van der Waals surface area contributed by atoms with Crippen LogP contribution in [0.2, 0.25) is 0 Å². The SMILES string of the molecule is NCC(=O)NC1CCC(Oc2ccc3c(c2)CCC(c2ccccc2)O3)CC1. The van der Waals surface area contributed by atoms with Crippen molar-refractivity contribution in [3.63, 3.8) is 0 Å². The van der Waals surface area contributed by atoms with Crippen molar-refractivity contribution < 1.29 is 14.3 Å². The van der Waals surface area contributed by atoms with Gasteiger partial charge in [0, 0.05) is 6.04 Å². The highest BCUT2D eigenvalue weighted by atomic mass is 16.5. The standard InChI is InChI=1S/C23H28N2O3/c24-15-23(26)25-18-7-9-19(10-8-18)27-20-11-13-22-17(14-20)6-12-21(28-22)16-4-2-1-3-5-16/h1-5,11,13-14,18-19,21H,6-10,12,15,24H2,(H,25,26). The van der Waals surface area contributed by atoms with Gasteiger partial charge in [-0.25, -0.2) is 0 Å². The molecule has 2 aromatic carbocycles. The maximum Gasteiger partial charge on any atom is 0.233 e. The highest BCUT2D eigenvalue weighted by molar-refractivity contribution is 5.78. The van der Waals surface area contributed by atoms with E-state index < -0.39 is 0 Å². The van der Waals surface area contributed by atoms with Crippen LogP contribution < -0.4 is 20.5 Å². The molecule has 2 aliphatic rings. The summed E-state index contributed by atoms with van der Waals surface area (Å²) in [7, 11) is 0. The van der Waals surface area contributed by atoms with Gasteiger partial charge < -0.3 is 20.5 Å². The molecule has 0 radical (unpaired) electrons. The quantitative estimate of drug-likeness (QED) is 0.832. The number of nitrogens with two attached hydrogens (primary N) is 1. The summed E-state index contributed by atoms with van der Waals surface area (Å²) in [5.41, 5.74) is 7.81. The fourth-order valence-corrected chi connectivity index (χ4v) is 4.14. The Morgan fingerprint density at radius 2 is 1.86 bits per heavy atom. The van der Waals surface area contributed by atoms with Crippen LogP contribution in [0.15, 0.2) is 48.5 Å². The molecule has 0 aromatic heterocycles. The van der Waals surface area contributed by atoms with Crippen LogP contribution in [0, 0.1) is 0 Å². The largest absolute Gasteiger partial charge is 0.490 e. The van der Waals surface area contributed by atoms with E-state index in [9.17, 15) is 4.79 Å². The van der Waals surface area contributed by atoms with Crippen LogP contribution in [-0.4, -0.2) is 24.6 Å². The van der Waals surface area contributed by atoms with E-state index in [1.807, 2.05) is 18.2 Å². The van der Waals surface area contributed by atoms with Crippen molar-refractivity contribution in [1.82, 2.24) is 5.32 Å². The number of carbonyl (C=O) groups is 1. The summed E-state index contributed by atoms with van der Waals surface area (Å²) in [5, 5.41) is 2.98. The Morgan fingerprint density at radius 1 is 1.07 bits per heavy atom. The third-order valence-corrected chi connectivity index (χ3v) is 5.68. The maximum absolute atomic E-state index is 11.4. The molecule has 1 fully saturated rings. The van der Waals surface area contributed by atoms with Gasteiger partial charge in [-0.3, -0.25) is 4.79 Å². The van der Waals surface area contributed by atoms with Gasteiger partial charge in [-0.05, 0) is 67.9 Å². The lowest BCUT2D eigenvalue weighted by molar-refractivity contribution is -0.120. The van der Waals surface area contributed by atoms with Gasteiger partial charge >= 0.3 is 0 Å². The molecule has 0 bridgehead atoms. The molecule has 4 rings (SSSR count). The van der Waals surface area contributed by atoms with Crippen molar-refractivity contribution in [2.45, 2.75) is 56.8 Å². The van der Waals surface area contributed by atoms with E-state index >= 15 is 0 Å². The number of benzene rings is 2. The predicted octanol–water partition coefficient (Wildman–Crippen LogP) is 3.52. The van der Waals surface area contributed by atoms with E-state index in [4.69, 9.17) is 15.2 Å². The number of amides is 1. The molecule has 1 saturated carbocycles. The Labute approximate surface area is 166 Å². The lowest BCUT2D eigenvalue weighted by Gasteiger charge is -2.30. The van der Waals surface area contributed by atoms with Crippen LogP contribution >= 0.6 is 0 Å². The molecular formula is C23H28N2O3. The first-order valence-corrected chi connectivity index (χ1v) is 10.2. The van der Waals surface area contributed by atoms with E-state index in [-0.39, 0.29) is 30.7 Å². The summed E-state index contributed by atoms with van der Waals surface area (Å²) < 4.78 is 12.4. The summed E-state index contributed by atoms with van der Waals surface area (Å²) in [5.74, 6) is 1.79. The first kappa shape index (κ1) is 18.8. The number of hydrogen-bond donors (Lipinski definition) is 2. The maximum atomic E-state index is 11.4. The van der Waals surface area contributed by atoms with E-state index in [0.717, 1.165) is 50.0 Å². The highest BCUT2D eigenvalue weighted by Gasteiger charge is 2.25. The summed E-state index contributed by atoms with van der Waals surface area (Å²) in [6, 6.07) is 16.8. The summed E-state index contributed by atoms with van der Waals surface area (Å²) in [6.07, 6.45) is 6.05. The molecule has 0 spiro atoms. The number of hydrogen-bond acceptors (Lipinski definition) is 4. The molecule has 1 aliphatic carbocycles. The van der Waals surface area contributed by atoms with Crippen molar-refractivity contribution in [1.29, 1.82) is 0 Å². The van der Waals surface area contributed by atoms with Crippen molar-refractivity contribution in [3.8, 4) is 11.5 Å². The molecule has 148 valence electrons. The Balaban J connectivity index is 1.33. The van der Waals surface area contributed by atoms with Crippen molar-refractivity contribution >= 4 is 5.91 Å². The van der Waals surface area contributed by atoms with Gasteiger partial charge in [-0.1, -0.05) is 30.3 Å². The number of rotatable bonds is 5. The number of fused-ring (bicyclic) bond motifs is 1. The normalized spacial score (nSPS) is 24.0. The van der Waals surface area contributed by atoms with Crippen molar-refractivity contribution in [3.05, 3.63) is 59.7 Å². The van der Waals surface area contributed by atoms with E-state index in [2.05, 4.69) is 35.6 Å². The third-order valence-electron chi connectivity index (χ3n) is 5.68. The zero-order valence-corrected chi connectivity index (χ0v) is 16.1. The van der Waals surface area contributed by atoms with Gasteiger partial charge in [0.1, 0.15) is 17.6 Å². The van der Waals surface area contributed by atoms with E-state index in [1.165, 1.54) is 11.1 Å². The highest BCUT2D eigenvalue weighted by Crippen LogP contribution is 2.37. The fourth-order valence-electron chi connectivity index (χ4n) is 4.14. The third kappa shape index (κ3) is 4.47. The molecule has 3 N–H and O–H groups in total. The van der Waals surface area contributed by atoms with Crippen LogP contribution in [0.5, 0.6) is 11.5 Å². The summed E-state index contributed by atoms with van der Waals surface area (Å²) in [4.78, 5) is 11.4. The second kappa shape index (κ2) is 8.65. The molecule has 0 saturated heterocycles. The average Bonchev–Trinajstić information content (AvgIpc) is 2.75. The first-order valence-electron chi connectivity index (χ1n) is 10.2. The molecule has 28 heavy (non-hydrogen) atoms. The van der Waals surface area contributed by atoms with Crippen LogP contribution in [0.3, 0.4) is 0 Å². The Hall–Kier alpha value is -2.53. The Morgan fingerprint density at radius 3 is 2.61 bits per heavy atom. The molecule has 5 heteroatoms. The van der Waals surface area contributed by atoms with Crippen molar-refractivity contribution in [2.24, 2.45) is 5.73 Å².